The van der Waals surface area contributed by atoms with Crippen molar-refractivity contribution in [2.75, 3.05) is 20.2 Å². The molecule has 0 aromatic heterocycles. The van der Waals surface area contributed by atoms with Crippen LogP contribution in [-0.4, -0.2) is 85.4 Å². The minimum atomic E-state index is -3.76. The summed E-state index contributed by atoms with van der Waals surface area (Å²) in [7, 11) is -2.05. The minimum absolute atomic E-state index is 0.00962. The van der Waals surface area contributed by atoms with Gasteiger partial charge >= 0.3 is 12.0 Å². The molecule has 11 nitrogen and oxygen atoms in total. The molecular formula is C34H62N4O7S. The van der Waals surface area contributed by atoms with Crippen molar-refractivity contribution in [3.8, 4) is 0 Å². The van der Waals surface area contributed by atoms with Crippen LogP contribution in [0, 0.1) is 17.8 Å². The fraction of sp³-hybridized carbons (Fsp3) is 0.912. The number of aliphatic carboxylic acids is 1. The molecule has 0 radical (unpaired) electrons. The number of methoxy groups -OCH3 is 1. The first-order valence-electron chi connectivity index (χ1n) is 18.0. The summed E-state index contributed by atoms with van der Waals surface area (Å²) < 4.78 is 34.1. The summed E-state index contributed by atoms with van der Waals surface area (Å²) in [5, 5.41) is 18.6. The molecule has 0 spiro atoms. The van der Waals surface area contributed by atoms with E-state index in [1.807, 2.05) is 13.8 Å². The molecule has 3 fully saturated rings. The Kier molecular flexibility index (Phi) is 16.1. The third-order valence-electron chi connectivity index (χ3n) is 10.4. The van der Waals surface area contributed by atoms with E-state index in [4.69, 9.17) is 4.74 Å². The summed E-state index contributed by atoms with van der Waals surface area (Å²) in [6.45, 7) is 6.44. The van der Waals surface area contributed by atoms with Crippen LogP contribution >= 0.6 is 0 Å². The molecular weight excluding hydrogens is 608 g/mol. The van der Waals surface area contributed by atoms with Gasteiger partial charge in [-0.2, -0.15) is 4.31 Å². The molecule has 0 unspecified atom stereocenters. The highest BCUT2D eigenvalue weighted by Crippen LogP contribution is 2.32. The number of nitrogens with zero attached hydrogens (tertiary/aromatic N) is 1. The molecule has 266 valence electrons. The van der Waals surface area contributed by atoms with Crippen molar-refractivity contribution in [1.29, 1.82) is 0 Å². The third kappa shape index (κ3) is 12.3. The normalized spacial score (nSPS) is 26.0. The van der Waals surface area contributed by atoms with Gasteiger partial charge in [0.05, 0.1) is 11.4 Å². The standard InChI is InChI=1S/C34H62N4O7S/c1-24(2)23-38(46(43,44)29-19-13-25(3)14-20-29)31(33(40)41)12-8-9-21-35-32(39)30(22-26-10-6-5-7-11-26)37-34(42)36-27-15-17-28(45-4)18-16-27/h24-31H,5-23H2,1-4H3,(H,35,39)(H,40,41)(H2,36,37,42)/t25?,27?,28?,29?,30-,31-/m0/s1. The molecule has 12 heteroatoms. The van der Waals surface area contributed by atoms with Gasteiger partial charge in [0, 0.05) is 26.2 Å². The maximum absolute atomic E-state index is 13.7. The zero-order valence-corrected chi connectivity index (χ0v) is 29.6. The zero-order valence-electron chi connectivity index (χ0n) is 28.8. The lowest BCUT2D eigenvalue weighted by Crippen LogP contribution is -2.53. The fourth-order valence-electron chi connectivity index (χ4n) is 7.49. The lowest BCUT2D eigenvalue weighted by atomic mass is 9.84. The Morgan fingerprint density at radius 3 is 2.15 bits per heavy atom. The first kappa shape index (κ1) is 38.5. The van der Waals surface area contributed by atoms with Crippen molar-refractivity contribution < 1.29 is 32.6 Å². The number of amides is 3. The van der Waals surface area contributed by atoms with Crippen LogP contribution in [-0.2, 0) is 24.3 Å². The van der Waals surface area contributed by atoms with Gasteiger partial charge in [-0.05, 0) is 94.8 Å². The van der Waals surface area contributed by atoms with Crippen molar-refractivity contribution >= 4 is 27.9 Å². The Morgan fingerprint density at radius 2 is 1.57 bits per heavy atom. The minimum Gasteiger partial charge on any atom is -0.480 e. The van der Waals surface area contributed by atoms with Gasteiger partial charge in [0.1, 0.15) is 12.1 Å². The largest absolute Gasteiger partial charge is 0.480 e. The predicted molar refractivity (Wildman–Crippen MR) is 180 cm³/mol. The van der Waals surface area contributed by atoms with Crippen molar-refractivity contribution in [2.24, 2.45) is 17.8 Å². The summed E-state index contributed by atoms with van der Waals surface area (Å²) >= 11 is 0. The number of carbonyl (C=O) groups is 3. The Labute approximate surface area is 277 Å². The first-order chi connectivity index (χ1) is 21.9. The van der Waals surface area contributed by atoms with Gasteiger partial charge in [0.15, 0.2) is 0 Å². The monoisotopic (exact) mass is 670 g/mol. The molecule has 0 aromatic rings. The molecule has 0 saturated heterocycles. The van der Waals surface area contributed by atoms with E-state index in [0.717, 1.165) is 64.2 Å². The lowest BCUT2D eigenvalue weighted by Gasteiger charge is -2.35. The second-order valence-corrected chi connectivity index (χ2v) is 16.8. The van der Waals surface area contributed by atoms with Crippen molar-refractivity contribution in [3.63, 3.8) is 0 Å². The van der Waals surface area contributed by atoms with Crippen LogP contribution in [0.2, 0.25) is 0 Å². The average molecular weight is 671 g/mol. The molecule has 3 amide bonds. The van der Waals surface area contributed by atoms with Gasteiger partial charge in [-0.1, -0.05) is 52.9 Å². The van der Waals surface area contributed by atoms with Crippen LogP contribution < -0.4 is 16.0 Å². The molecule has 0 heterocycles. The summed E-state index contributed by atoms with van der Waals surface area (Å²) in [4.78, 5) is 38.7. The van der Waals surface area contributed by atoms with E-state index in [2.05, 4.69) is 22.9 Å². The van der Waals surface area contributed by atoms with Crippen LogP contribution in [0.5, 0.6) is 0 Å². The number of carboxylic acid groups (broad SMARTS) is 1. The highest BCUT2D eigenvalue weighted by Gasteiger charge is 2.40. The van der Waals surface area contributed by atoms with Crippen LogP contribution in [0.15, 0.2) is 0 Å². The number of carbonyl (C=O) groups excluding carboxylic acids is 2. The number of carboxylic acids is 1. The topological polar surface area (TPSA) is 154 Å². The summed E-state index contributed by atoms with van der Waals surface area (Å²) in [6.07, 6.45) is 13.9. The number of ether oxygens (including phenoxy) is 1. The molecule has 3 saturated carbocycles. The van der Waals surface area contributed by atoms with E-state index in [9.17, 15) is 27.9 Å². The molecule has 3 aliphatic rings. The Morgan fingerprint density at radius 1 is 0.913 bits per heavy atom. The third-order valence-corrected chi connectivity index (χ3v) is 12.7. The molecule has 3 aliphatic carbocycles. The molecule has 4 N–H and O–H groups in total. The van der Waals surface area contributed by atoms with Crippen molar-refractivity contribution in [3.05, 3.63) is 0 Å². The van der Waals surface area contributed by atoms with Gasteiger partial charge < -0.3 is 25.8 Å². The number of hydrogen-bond acceptors (Lipinski definition) is 6. The van der Waals surface area contributed by atoms with Crippen LogP contribution in [0.4, 0.5) is 4.79 Å². The number of nitrogens with one attached hydrogen (secondary N) is 3. The van der Waals surface area contributed by atoms with E-state index in [1.165, 1.54) is 10.7 Å². The molecule has 0 aromatic carbocycles. The molecule has 3 rings (SSSR count). The van der Waals surface area contributed by atoms with Crippen molar-refractivity contribution in [1.82, 2.24) is 20.3 Å². The van der Waals surface area contributed by atoms with Crippen LogP contribution in [0.1, 0.15) is 130 Å². The van der Waals surface area contributed by atoms with E-state index < -0.39 is 33.3 Å². The number of sulfonamides is 1. The van der Waals surface area contributed by atoms with E-state index in [0.29, 0.717) is 50.5 Å². The maximum Gasteiger partial charge on any atom is 0.322 e. The highest BCUT2D eigenvalue weighted by atomic mass is 32.2. The highest BCUT2D eigenvalue weighted by molar-refractivity contribution is 7.89. The number of hydrogen-bond donors (Lipinski definition) is 4. The Bertz CT molecular complexity index is 1050. The van der Waals surface area contributed by atoms with E-state index >= 15 is 0 Å². The second kappa shape index (κ2) is 19.2. The second-order valence-electron chi connectivity index (χ2n) is 14.7. The van der Waals surface area contributed by atoms with Crippen LogP contribution in [0.25, 0.3) is 0 Å². The number of urea groups is 1. The average Bonchev–Trinajstić information content (AvgIpc) is 3.02. The van der Waals surface area contributed by atoms with Crippen molar-refractivity contribution in [2.45, 2.75) is 159 Å². The zero-order chi connectivity index (χ0) is 33.7. The SMILES string of the molecule is COC1CCC(NC(=O)N[C@@H](CC2CCCCC2)C(=O)NCCCC[C@@H](C(=O)O)N(CC(C)C)S(=O)(=O)C2CCC(C)CC2)CC1. The maximum atomic E-state index is 13.7. The summed E-state index contributed by atoms with van der Waals surface area (Å²) in [5.74, 6) is -0.488. The Balaban J connectivity index is 1.54. The van der Waals surface area contributed by atoms with E-state index in [1.54, 1.807) is 7.11 Å². The lowest BCUT2D eigenvalue weighted by molar-refractivity contribution is -0.142. The van der Waals surface area contributed by atoms with Gasteiger partial charge in [-0.15, -0.1) is 0 Å². The molecule has 0 bridgehead atoms. The van der Waals surface area contributed by atoms with Gasteiger partial charge in [-0.3, -0.25) is 9.59 Å². The predicted octanol–water partition coefficient (Wildman–Crippen LogP) is 5.19. The number of rotatable bonds is 17. The summed E-state index contributed by atoms with van der Waals surface area (Å²) in [5.41, 5.74) is 0. The molecule has 46 heavy (non-hydrogen) atoms. The van der Waals surface area contributed by atoms with Gasteiger partial charge in [0.25, 0.3) is 0 Å². The Hall–Kier alpha value is -1.92. The first-order valence-corrected chi connectivity index (χ1v) is 19.5. The van der Waals surface area contributed by atoms with E-state index in [-0.39, 0.29) is 43.0 Å². The molecule has 0 aliphatic heterocycles. The smallest absolute Gasteiger partial charge is 0.322 e. The number of unbranched alkanes of at least 4 members (excludes halogenated alkanes) is 1. The fourth-order valence-corrected chi connectivity index (χ4v) is 9.80. The quantitative estimate of drug-likeness (QED) is 0.155. The molecule has 2 atom stereocenters. The van der Waals surface area contributed by atoms with Gasteiger partial charge in [-0.25, -0.2) is 13.2 Å². The van der Waals surface area contributed by atoms with Crippen LogP contribution in [0.3, 0.4) is 0 Å². The van der Waals surface area contributed by atoms with Gasteiger partial charge in [0.2, 0.25) is 15.9 Å². The summed E-state index contributed by atoms with van der Waals surface area (Å²) in [6, 6.07) is -2.03.